The van der Waals surface area contributed by atoms with Crippen LogP contribution in [0.4, 0.5) is 0 Å². The molecule has 38 heavy (non-hydrogen) atoms. The second kappa shape index (κ2) is 11.8. The highest BCUT2D eigenvalue weighted by molar-refractivity contribution is 7.91. The quantitative estimate of drug-likeness (QED) is 0.494. The molecule has 1 N–H and O–H groups in total. The molecule has 206 valence electrons. The molecule has 3 saturated heterocycles. The maximum atomic E-state index is 13.2. The smallest absolute Gasteiger partial charge is 0.250 e. The molecule has 3 aliphatic rings. The lowest BCUT2D eigenvalue weighted by Crippen LogP contribution is -2.55. The second-order valence-electron chi connectivity index (χ2n) is 10.2. The van der Waals surface area contributed by atoms with E-state index in [1.165, 1.54) is 17.7 Å². The Bertz CT molecular complexity index is 1300. The maximum Gasteiger partial charge on any atom is 0.250 e. The number of thiophene rings is 1. The zero-order chi connectivity index (χ0) is 26.9. The molecule has 2 amide bonds. The normalized spacial score (nSPS) is 22.9. The number of nitrogens with zero attached hydrogens (tertiary/aromatic N) is 3. The molecule has 3 fully saturated rings. The fourth-order valence-electron chi connectivity index (χ4n) is 5.65. The van der Waals surface area contributed by atoms with Crippen molar-refractivity contribution in [2.24, 2.45) is 0 Å². The van der Waals surface area contributed by atoms with E-state index in [-0.39, 0.29) is 28.6 Å². The molecule has 1 aromatic heterocycles. The molecule has 2 atom stereocenters. The number of carbonyl (C=O) groups excluding carboxylic acids is 2. The van der Waals surface area contributed by atoms with E-state index in [2.05, 4.69) is 9.62 Å². The van der Waals surface area contributed by atoms with Crippen LogP contribution < -0.4 is 4.72 Å². The monoisotopic (exact) mass is 598 g/mol. The maximum absolute atomic E-state index is 13.2. The largest absolute Gasteiger partial charge is 0.337 e. The van der Waals surface area contributed by atoms with E-state index in [0.29, 0.717) is 47.1 Å². The average Bonchev–Trinajstić information content (AvgIpc) is 3.64. The summed E-state index contributed by atoms with van der Waals surface area (Å²) in [6, 6.07) is 5.88. The van der Waals surface area contributed by atoms with Crippen molar-refractivity contribution in [2.45, 2.75) is 54.8 Å². The van der Waals surface area contributed by atoms with Crippen molar-refractivity contribution in [3.8, 4) is 11.1 Å². The van der Waals surface area contributed by atoms with E-state index in [0.717, 1.165) is 43.8 Å². The number of rotatable bonds is 8. The third-order valence-corrected chi connectivity index (χ3v) is 11.1. The Morgan fingerprint density at radius 1 is 1.03 bits per heavy atom. The fraction of sp³-hybridized carbons (Fsp3) is 0.538. The van der Waals surface area contributed by atoms with Crippen LogP contribution in [0.3, 0.4) is 0 Å². The number of carbonyl (C=O) groups is 2. The van der Waals surface area contributed by atoms with Crippen LogP contribution in [0.1, 0.15) is 38.5 Å². The van der Waals surface area contributed by atoms with Gasteiger partial charge in [-0.05, 0) is 75.4 Å². The summed E-state index contributed by atoms with van der Waals surface area (Å²) < 4.78 is 29.0. The van der Waals surface area contributed by atoms with E-state index in [4.69, 9.17) is 23.2 Å². The Labute approximate surface area is 237 Å². The predicted molar refractivity (Wildman–Crippen MR) is 150 cm³/mol. The van der Waals surface area contributed by atoms with E-state index in [1.807, 2.05) is 4.90 Å². The molecule has 0 radical (unpaired) electrons. The van der Waals surface area contributed by atoms with Gasteiger partial charge in [0.2, 0.25) is 11.8 Å². The van der Waals surface area contributed by atoms with Gasteiger partial charge in [-0.25, -0.2) is 8.42 Å². The average molecular weight is 600 g/mol. The molecule has 0 aliphatic carbocycles. The standard InChI is InChI=1S/C26H32Cl2N4O4S2/c27-19-7-8-21(22(28)14-19)18-13-25(37-17-18)38(35,36)29-23-6-4-11-31(26(23)34)16-24(33)32-12-3-5-20(32)15-30-9-1-2-10-30/h7-8,13-14,17,20,23,29H,1-6,9-12,15-16H2. The number of halogens is 2. The Morgan fingerprint density at radius 3 is 2.55 bits per heavy atom. The van der Waals surface area contributed by atoms with Crippen molar-refractivity contribution in [2.75, 3.05) is 39.3 Å². The van der Waals surface area contributed by atoms with Crippen molar-refractivity contribution in [3.63, 3.8) is 0 Å². The Kier molecular flexibility index (Phi) is 8.66. The van der Waals surface area contributed by atoms with Crippen LogP contribution in [0.25, 0.3) is 11.1 Å². The number of amides is 2. The molecule has 2 aromatic rings. The number of nitrogens with one attached hydrogen (secondary N) is 1. The molecule has 8 nitrogen and oxygen atoms in total. The van der Waals surface area contributed by atoms with Gasteiger partial charge in [0.15, 0.2) is 0 Å². The lowest BCUT2D eigenvalue weighted by Gasteiger charge is -2.34. The molecule has 0 saturated carbocycles. The van der Waals surface area contributed by atoms with Gasteiger partial charge >= 0.3 is 0 Å². The van der Waals surface area contributed by atoms with Crippen molar-refractivity contribution < 1.29 is 18.0 Å². The van der Waals surface area contributed by atoms with Gasteiger partial charge in [-0.1, -0.05) is 29.3 Å². The zero-order valence-electron chi connectivity index (χ0n) is 21.1. The highest BCUT2D eigenvalue weighted by Crippen LogP contribution is 2.34. The van der Waals surface area contributed by atoms with Gasteiger partial charge in [0.05, 0.1) is 6.54 Å². The third kappa shape index (κ3) is 6.21. The molecule has 4 heterocycles. The lowest BCUT2D eigenvalue weighted by atomic mass is 10.1. The Hall–Kier alpha value is -1.69. The highest BCUT2D eigenvalue weighted by atomic mass is 35.5. The van der Waals surface area contributed by atoms with E-state index < -0.39 is 16.1 Å². The number of hydrogen-bond donors (Lipinski definition) is 1. The summed E-state index contributed by atoms with van der Waals surface area (Å²) in [5, 5.41) is 2.64. The van der Waals surface area contributed by atoms with Gasteiger partial charge in [0.1, 0.15) is 10.3 Å². The predicted octanol–water partition coefficient (Wildman–Crippen LogP) is 4.08. The van der Waals surface area contributed by atoms with Crippen molar-refractivity contribution >= 4 is 56.4 Å². The van der Waals surface area contributed by atoms with Gasteiger partial charge in [0.25, 0.3) is 10.0 Å². The minimum Gasteiger partial charge on any atom is -0.337 e. The summed E-state index contributed by atoms with van der Waals surface area (Å²) in [4.78, 5) is 32.3. The summed E-state index contributed by atoms with van der Waals surface area (Å²) in [5.74, 6) is -0.396. The first-order valence-corrected chi connectivity index (χ1v) is 16.2. The molecule has 2 unspecified atom stereocenters. The number of likely N-dealkylation sites (tertiary alicyclic amines) is 3. The summed E-state index contributed by atoms with van der Waals surface area (Å²) in [5.41, 5.74) is 1.34. The van der Waals surface area contributed by atoms with Crippen LogP contribution in [0.5, 0.6) is 0 Å². The zero-order valence-corrected chi connectivity index (χ0v) is 24.2. The summed E-state index contributed by atoms with van der Waals surface area (Å²) >= 11 is 13.3. The molecule has 0 spiro atoms. The van der Waals surface area contributed by atoms with Gasteiger partial charge < -0.3 is 14.7 Å². The molecule has 1 aromatic carbocycles. The van der Waals surface area contributed by atoms with Crippen LogP contribution in [0, 0.1) is 0 Å². The van der Waals surface area contributed by atoms with Crippen LogP contribution >= 0.6 is 34.5 Å². The van der Waals surface area contributed by atoms with Crippen LogP contribution in [0.2, 0.25) is 10.0 Å². The summed E-state index contributed by atoms with van der Waals surface area (Å²) in [6.07, 6.45) is 5.40. The van der Waals surface area contributed by atoms with Crippen LogP contribution in [-0.4, -0.2) is 86.3 Å². The second-order valence-corrected chi connectivity index (χ2v) is 13.9. The van der Waals surface area contributed by atoms with Crippen molar-refractivity contribution in [1.82, 2.24) is 19.4 Å². The minimum atomic E-state index is -3.94. The van der Waals surface area contributed by atoms with Gasteiger partial charge in [-0.2, -0.15) is 4.72 Å². The number of sulfonamides is 1. The molecular formula is C26H32Cl2N4O4S2. The van der Waals surface area contributed by atoms with Crippen LogP contribution in [0.15, 0.2) is 33.9 Å². The van der Waals surface area contributed by atoms with Crippen molar-refractivity contribution in [3.05, 3.63) is 39.7 Å². The third-order valence-electron chi connectivity index (χ3n) is 7.60. The van der Waals surface area contributed by atoms with Crippen molar-refractivity contribution in [1.29, 1.82) is 0 Å². The SMILES string of the molecule is O=C1C(NS(=O)(=O)c2cc(-c3ccc(Cl)cc3Cl)cs2)CCCN1CC(=O)N1CCCC1CN1CCCC1. The number of piperidine rings is 1. The number of benzene rings is 1. The highest BCUT2D eigenvalue weighted by Gasteiger charge is 2.36. The molecule has 0 bridgehead atoms. The molecule has 12 heteroatoms. The Balaban J connectivity index is 1.22. The first-order chi connectivity index (χ1) is 18.2. The van der Waals surface area contributed by atoms with E-state index in [1.54, 1.807) is 29.6 Å². The topological polar surface area (TPSA) is 90.0 Å². The van der Waals surface area contributed by atoms with E-state index in [9.17, 15) is 18.0 Å². The number of hydrogen-bond acceptors (Lipinski definition) is 6. The first-order valence-electron chi connectivity index (χ1n) is 13.1. The van der Waals surface area contributed by atoms with E-state index >= 15 is 0 Å². The van der Waals surface area contributed by atoms with Gasteiger partial charge in [-0.15, -0.1) is 11.3 Å². The fourth-order valence-corrected chi connectivity index (χ4v) is 8.58. The molecular weight excluding hydrogens is 567 g/mol. The minimum absolute atomic E-state index is 0.00816. The van der Waals surface area contributed by atoms with Crippen LogP contribution in [-0.2, 0) is 19.6 Å². The van der Waals surface area contributed by atoms with Gasteiger partial charge in [-0.3, -0.25) is 9.59 Å². The lowest BCUT2D eigenvalue weighted by molar-refractivity contribution is -0.143. The summed E-state index contributed by atoms with van der Waals surface area (Å²) in [7, 11) is -3.94. The Morgan fingerprint density at radius 2 is 1.79 bits per heavy atom. The first kappa shape index (κ1) is 27.9. The van der Waals surface area contributed by atoms with Gasteiger partial charge in [0, 0.05) is 46.7 Å². The molecule has 3 aliphatic heterocycles. The summed E-state index contributed by atoms with van der Waals surface area (Å²) in [6.45, 7) is 4.23. The molecule has 5 rings (SSSR count).